The quantitative estimate of drug-likeness (QED) is 0.749. The number of aromatic nitrogens is 1. The fourth-order valence-corrected chi connectivity index (χ4v) is 1.86. The van der Waals surface area contributed by atoms with Crippen molar-refractivity contribution in [2.45, 2.75) is 6.42 Å². The Labute approximate surface area is 98.8 Å². The molecule has 0 radical (unpaired) electrons. The van der Waals surface area contributed by atoms with Crippen molar-refractivity contribution in [2.75, 3.05) is 20.0 Å². The van der Waals surface area contributed by atoms with Crippen LogP contribution in [0.25, 0.3) is 0 Å². The molecule has 1 aromatic rings. The molecule has 0 atom stereocenters. The third-order valence-electron chi connectivity index (χ3n) is 1.96. The average molecular weight is 266 g/mol. The number of pyridine rings is 1. The fourth-order valence-electron chi connectivity index (χ4n) is 1.17. The molecule has 1 rings (SSSR count). The van der Waals surface area contributed by atoms with E-state index in [0.717, 1.165) is 0 Å². The normalized spacial score (nSPS) is 11.2. The Kier molecular flexibility index (Phi) is 4.37. The van der Waals surface area contributed by atoms with E-state index in [9.17, 15) is 8.42 Å². The number of methoxy groups -OCH3 is 2. The average Bonchev–Trinajstić information content (AvgIpc) is 2.25. The van der Waals surface area contributed by atoms with E-state index in [1.165, 1.54) is 20.4 Å². The largest absolute Gasteiger partial charge is 0.496 e. The number of hydrogen-bond acceptors (Lipinski definition) is 5. The highest BCUT2D eigenvalue weighted by Gasteiger charge is 2.10. The van der Waals surface area contributed by atoms with E-state index in [-0.39, 0.29) is 12.2 Å². The maximum Gasteiger partial charge on any atom is 0.232 e. The predicted octanol–water partition coefficient (Wildman–Crippen LogP) is 1.21. The van der Waals surface area contributed by atoms with Gasteiger partial charge >= 0.3 is 0 Å². The van der Waals surface area contributed by atoms with Gasteiger partial charge < -0.3 is 9.47 Å². The summed E-state index contributed by atoms with van der Waals surface area (Å²) in [5.74, 6) is 0.792. The van der Waals surface area contributed by atoms with Crippen molar-refractivity contribution in [3.63, 3.8) is 0 Å². The lowest BCUT2D eigenvalue weighted by Crippen LogP contribution is -2.03. The van der Waals surface area contributed by atoms with Crippen LogP contribution >= 0.6 is 10.7 Å². The molecular weight excluding hydrogens is 254 g/mol. The van der Waals surface area contributed by atoms with Gasteiger partial charge in [-0.25, -0.2) is 13.4 Å². The van der Waals surface area contributed by atoms with Crippen LogP contribution in [0.1, 0.15) is 5.56 Å². The maximum absolute atomic E-state index is 10.8. The molecule has 1 heterocycles. The maximum atomic E-state index is 10.8. The molecule has 7 heteroatoms. The molecule has 0 aliphatic heterocycles. The number of rotatable bonds is 5. The Hall–Kier alpha value is -1.01. The highest BCUT2D eigenvalue weighted by Crippen LogP contribution is 2.22. The Balaban J connectivity index is 2.87. The molecule has 0 fully saturated rings. The topological polar surface area (TPSA) is 65.5 Å². The second-order valence-electron chi connectivity index (χ2n) is 3.03. The molecular formula is C9H12ClNO4S. The van der Waals surface area contributed by atoms with Gasteiger partial charge in [0.2, 0.25) is 14.9 Å². The molecule has 0 unspecified atom stereocenters. The zero-order valence-corrected chi connectivity index (χ0v) is 10.5. The molecule has 0 aromatic carbocycles. The Morgan fingerprint density at radius 2 is 2.06 bits per heavy atom. The first-order chi connectivity index (χ1) is 7.46. The molecule has 0 aliphatic carbocycles. The van der Waals surface area contributed by atoms with Crippen molar-refractivity contribution < 1.29 is 17.9 Å². The van der Waals surface area contributed by atoms with Crippen LogP contribution in [-0.4, -0.2) is 33.4 Å². The van der Waals surface area contributed by atoms with Gasteiger partial charge in [0.05, 0.1) is 20.0 Å². The lowest BCUT2D eigenvalue weighted by Gasteiger charge is -2.08. The molecule has 0 spiro atoms. The van der Waals surface area contributed by atoms with E-state index in [0.29, 0.717) is 17.2 Å². The van der Waals surface area contributed by atoms with Crippen molar-refractivity contribution in [3.05, 3.63) is 17.8 Å². The molecule has 1 aromatic heterocycles. The fraction of sp³-hybridized carbons (Fsp3) is 0.444. The number of nitrogens with zero attached hydrogens (tertiary/aromatic N) is 1. The van der Waals surface area contributed by atoms with Gasteiger partial charge in [0.25, 0.3) is 0 Å². The summed E-state index contributed by atoms with van der Waals surface area (Å²) >= 11 is 0. The Bertz CT molecular complexity index is 461. The van der Waals surface area contributed by atoms with Crippen LogP contribution < -0.4 is 9.47 Å². The lowest BCUT2D eigenvalue weighted by atomic mass is 10.2. The zero-order valence-electron chi connectivity index (χ0n) is 8.94. The highest BCUT2D eigenvalue weighted by atomic mass is 35.7. The van der Waals surface area contributed by atoms with Crippen LogP contribution in [0.5, 0.6) is 11.6 Å². The minimum atomic E-state index is -3.51. The number of halogens is 1. The van der Waals surface area contributed by atoms with Gasteiger partial charge in [-0.15, -0.1) is 0 Å². The van der Waals surface area contributed by atoms with Crippen molar-refractivity contribution >= 4 is 19.7 Å². The van der Waals surface area contributed by atoms with Crippen molar-refractivity contribution in [1.82, 2.24) is 4.98 Å². The van der Waals surface area contributed by atoms with Gasteiger partial charge in [-0.3, -0.25) is 0 Å². The van der Waals surface area contributed by atoms with Crippen molar-refractivity contribution in [1.29, 1.82) is 0 Å². The first-order valence-corrected chi connectivity index (χ1v) is 6.93. The Morgan fingerprint density at radius 1 is 1.38 bits per heavy atom. The van der Waals surface area contributed by atoms with E-state index < -0.39 is 9.05 Å². The summed E-state index contributed by atoms with van der Waals surface area (Å²) in [6.45, 7) is 0. The summed E-state index contributed by atoms with van der Waals surface area (Å²) in [6.07, 6.45) is 1.77. The van der Waals surface area contributed by atoms with E-state index in [1.54, 1.807) is 6.07 Å². The van der Waals surface area contributed by atoms with Crippen molar-refractivity contribution in [2.24, 2.45) is 0 Å². The first kappa shape index (κ1) is 13.1. The van der Waals surface area contributed by atoms with Crippen LogP contribution in [0.2, 0.25) is 0 Å². The van der Waals surface area contributed by atoms with E-state index in [2.05, 4.69) is 4.98 Å². The van der Waals surface area contributed by atoms with Crippen LogP contribution in [-0.2, 0) is 15.5 Å². The molecule has 0 saturated carbocycles. The summed E-state index contributed by atoms with van der Waals surface area (Å²) in [7, 11) is 4.60. The summed E-state index contributed by atoms with van der Waals surface area (Å²) in [6, 6.07) is 1.59. The van der Waals surface area contributed by atoms with Crippen LogP contribution in [0.15, 0.2) is 12.3 Å². The summed E-state index contributed by atoms with van der Waals surface area (Å²) in [4.78, 5) is 3.97. The summed E-state index contributed by atoms with van der Waals surface area (Å²) in [5, 5.41) is 0. The molecule has 0 saturated heterocycles. The summed E-state index contributed by atoms with van der Waals surface area (Å²) in [5.41, 5.74) is 0.674. The molecule has 0 N–H and O–H groups in total. The van der Waals surface area contributed by atoms with Gasteiger partial charge in [0.15, 0.2) is 0 Å². The number of hydrogen-bond donors (Lipinski definition) is 0. The second kappa shape index (κ2) is 5.36. The minimum absolute atomic E-state index is 0.154. The molecule has 90 valence electrons. The third-order valence-corrected chi connectivity index (χ3v) is 3.12. The standard InChI is InChI=1S/C9H12ClNO4S/c1-14-8-5-9(15-2)11-6-7(8)3-4-16(10,12)13/h5-6H,3-4H2,1-2H3. The zero-order chi connectivity index (χ0) is 12.2. The number of aryl methyl sites for hydroxylation is 1. The second-order valence-corrected chi connectivity index (χ2v) is 5.93. The van der Waals surface area contributed by atoms with Crippen LogP contribution in [0.3, 0.4) is 0 Å². The van der Waals surface area contributed by atoms with E-state index in [4.69, 9.17) is 20.2 Å². The molecule has 0 bridgehead atoms. The van der Waals surface area contributed by atoms with E-state index in [1.807, 2.05) is 0 Å². The third kappa shape index (κ3) is 3.86. The minimum Gasteiger partial charge on any atom is -0.496 e. The smallest absolute Gasteiger partial charge is 0.232 e. The molecule has 0 amide bonds. The predicted molar refractivity (Wildman–Crippen MR) is 60.7 cm³/mol. The number of ether oxygens (including phenoxy) is 2. The van der Waals surface area contributed by atoms with Crippen LogP contribution in [0, 0.1) is 0 Å². The SMILES string of the molecule is COc1cc(OC)c(CCS(=O)(=O)Cl)cn1. The van der Waals surface area contributed by atoms with E-state index >= 15 is 0 Å². The summed E-state index contributed by atoms with van der Waals surface area (Å²) < 4.78 is 31.6. The molecule has 5 nitrogen and oxygen atoms in total. The first-order valence-electron chi connectivity index (χ1n) is 4.45. The van der Waals surface area contributed by atoms with Gasteiger partial charge in [-0.2, -0.15) is 0 Å². The lowest BCUT2D eigenvalue weighted by molar-refractivity contribution is 0.379. The highest BCUT2D eigenvalue weighted by molar-refractivity contribution is 8.13. The van der Waals surface area contributed by atoms with Crippen LogP contribution in [0.4, 0.5) is 0 Å². The Morgan fingerprint density at radius 3 is 2.56 bits per heavy atom. The monoisotopic (exact) mass is 265 g/mol. The molecule has 16 heavy (non-hydrogen) atoms. The van der Waals surface area contributed by atoms with Gasteiger partial charge in [0.1, 0.15) is 5.75 Å². The van der Waals surface area contributed by atoms with Gasteiger partial charge in [-0.1, -0.05) is 0 Å². The van der Waals surface area contributed by atoms with Gasteiger partial charge in [-0.05, 0) is 6.42 Å². The molecule has 0 aliphatic rings. The van der Waals surface area contributed by atoms with Gasteiger partial charge in [0, 0.05) is 28.5 Å². The van der Waals surface area contributed by atoms with Crippen molar-refractivity contribution in [3.8, 4) is 11.6 Å².